The van der Waals surface area contributed by atoms with Crippen LogP contribution in [-0.2, 0) is 20.0 Å². The van der Waals surface area contributed by atoms with E-state index in [1.54, 1.807) is 24.3 Å². The number of hydrogen-bond acceptors (Lipinski definition) is 6. The van der Waals surface area contributed by atoms with Gasteiger partial charge in [-0.25, -0.2) is 25.4 Å². The third kappa shape index (κ3) is 3.67. The quantitative estimate of drug-likeness (QED) is 0.188. The smallest absolute Gasteiger partial charge is 0.268 e. The molecule has 0 saturated carbocycles. The molecule has 8 rings (SSSR count). The van der Waals surface area contributed by atoms with Gasteiger partial charge in [-0.1, -0.05) is 96.1 Å². The summed E-state index contributed by atoms with van der Waals surface area (Å²) in [5, 5.41) is 6.12. The lowest BCUT2D eigenvalue weighted by Gasteiger charge is -2.10. The van der Waals surface area contributed by atoms with Crippen molar-refractivity contribution in [2.45, 2.75) is 23.6 Å². The second kappa shape index (κ2) is 9.35. The number of hydrogen-bond donors (Lipinski definition) is 0. The Balaban J connectivity index is 0.000000142. The van der Waals surface area contributed by atoms with E-state index in [9.17, 15) is 26.4 Å². The number of amides is 2. The molecule has 2 amide bonds. The molecule has 0 atom stereocenters. The first-order valence-electron chi connectivity index (χ1n) is 13.8. The summed E-state index contributed by atoms with van der Waals surface area (Å²) in [6, 6.07) is 26.1. The number of carbonyl (C=O) groups is 2. The van der Waals surface area contributed by atoms with Gasteiger partial charge in [-0.15, -0.1) is 0 Å². The zero-order valence-corrected chi connectivity index (χ0v) is 25.9. The minimum Gasteiger partial charge on any atom is -0.268 e. The van der Waals surface area contributed by atoms with Gasteiger partial charge in [0.15, 0.2) is 0 Å². The van der Waals surface area contributed by atoms with Gasteiger partial charge in [0, 0.05) is 24.9 Å². The van der Waals surface area contributed by atoms with Crippen LogP contribution in [0.25, 0.3) is 43.1 Å². The van der Waals surface area contributed by atoms with Crippen LogP contribution in [0, 0.1) is 13.8 Å². The van der Waals surface area contributed by atoms with Crippen molar-refractivity contribution in [2.24, 2.45) is 0 Å². The summed E-state index contributed by atoms with van der Waals surface area (Å²) < 4.78 is 52.2. The first kappa shape index (κ1) is 28.0. The van der Waals surface area contributed by atoms with Crippen LogP contribution in [0.15, 0.2) is 94.7 Å². The number of fused-ring (bicyclic) bond motifs is 12. The van der Waals surface area contributed by atoms with Crippen molar-refractivity contribution in [2.75, 3.05) is 14.1 Å². The SMILES string of the molecule is Cc1ccc2c3c(c4ccccc4c2c1)S(=O)(=O)N(C)C3=O.Cc1ccc2c3c(c4ccccc4c2c1)S(=O)(=O)N(C)C3=O. The lowest BCUT2D eigenvalue weighted by molar-refractivity contribution is 0.0884. The van der Waals surface area contributed by atoms with Gasteiger partial charge < -0.3 is 0 Å². The van der Waals surface area contributed by atoms with Gasteiger partial charge >= 0.3 is 0 Å². The average Bonchev–Trinajstić information content (AvgIpc) is 3.31. The number of aryl methyl sites for hydroxylation is 2. The lowest BCUT2D eigenvalue weighted by Crippen LogP contribution is -2.24. The third-order valence-corrected chi connectivity index (χ3v) is 12.2. The molecule has 220 valence electrons. The standard InChI is InChI=1S/2C17H13NO3S/c2*1-10-7-8-12-14(9-10)11-5-3-4-6-13(11)16-15(12)17(19)18(2)22(16,20)21/h2*3-9H,1-2H3. The van der Waals surface area contributed by atoms with Gasteiger partial charge in [0.2, 0.25) is 0 Å². The Morgan fingerprint density at radius 1 is 0.455 bits per heavy atom. The van der Waals surface area contributed by atoms with Gasteiger partial charge in [-0.2, -0.15) is 0 Å². The molecule has 2 heterocycles. The molecule has 2 aliphatic heterocycles. The van der Waals surface area contributed by atoms with Crippen molar-refractivity contribution in [1.82, 2.24) is 8.61 Å². The number of sulfonamides is 2. The van der Waals surface area contributed by atoms with E-state index in [0.717, 1.165) is 41.3 Å². The van der Waals surface area contributed by atoms with E-state index in [0.29, 0.717) is 21.5 Å². The Hall–Kier alpha value is -4.80. The van der Waals surface area contributed by atoms with E-state index in [2.05, 4.69) is 0 Å². The van der Waals surface area contributed by atoms with E-state index in [4.69, 9.17) is 0 Å². The summed E-state index contributed by atoms with van der Waals surface area (Å²) in [6.07, 6.45) is 0. The molecular formula is C34H26N2O6S2. The maximum absolute atomic E-state index is 12.6. The van der Waals surface area contributed by atoms with Crippen molar-refractivity contribution in [3.8, 4) is 0 Å². The predicted molar refractivity (Wildman–Crippen MR) is 171 cm³/mol. The zero-order chi connectivity index (χ0) is 31.3. The van der Waals surface area contributed by atoms with Crippen molar-refractivity contribution in [3.63, 3.8) is 0 Å². The maximum atomic E-state index is 12.6. The molecule has 0 fully saturated rings. The van der Waals surface area contributed by atoms with Gasteiger partial charge in [-0.05, 0) is 46.2 Å². The van der Waals surface area contributed by atoms with Gasteiger partial charge in [0.05, 0.1) is 11.1 Å². The second-order valence-electron chi connectivity index (χ2n) is 11.2. The molecule has 6 aromatic carbocycles. The Kier molecular flexibility index (Phi) is 5.95. The Morgan fingerprint density at radius 2 is 0.795 bits per heavy atom. The summed E-state index contributed by atoms with van der Waals surface area (Å²) in [5.74, 6) is -0.927. The van der Waals surface area contributed by atoms with Crippen LogP contribution < -0.4 is 0 Å². The fourth-order valence-electron chi connectivity index (χ4n) is 6.31. The van der Waals surface area contributed by atoms with Crippen LogP contribution in [0.4, 0.5) is 0 Å². The minimum absolute atomic E-state index is 0.131. The highest BCUT2D eigenvalue weighted by Gasteiger charge is 2.43. The van der Waals surface area contributed by atoms with Crippen LogP contribution in [0.1, 0.15) is 31.8 Å². The summed E-state index contributed by atoms with van der Waals surface area (Å²) in [5.41, 5.74) is 2.71. The Bertz CT molecular complexity index is 2340. The monoisotopic (exact) mass is 622 g/mol. The van der Waals surface area contributed by atoms with Gasteiger partial charge in [0.25, 0.3) is 31.9 Å². The summed E-state index contributed by atoms with van der Waals surface area (Å²) >= 11 is 0. The Morgan fingerprint density at radius 3 is 1.16 bits per heavy atom. The minimum atomic E-state index is -3.78. The molecule has 8 nitrogen and oxygen atoms in total. The molecule has 0 N–H and O–H groups in total. The van der Waals surface area contributed by atoms with Crippen LogP contribution in [0.3, 0.4) is 0 Å². The summed E-state index contributed by atoms with van der Waals surface area (Å²) in [4.78, 5) is 25.3. The molecule has 0 aliphatic carbocycles. The van der Waals surface area contributed by atoms with E-state index in [-0.39, 0.29) is 20.9 Å². The van der Waals surface area contributed by atoms with Crippen molar-refractivity contribution < 1.29 is 26.4 Å². The topological polar surface area (TPSA) is 109 Å². The molecule has 2 aliphatic rings. The highest BCUT2D eigenvalue weighted by atomic mass is 32.2. The maximum Gasteiger partial charge on any atom is 0.269 e. The van der Waals surface area contributed by atoms with Crippen LogP contribution in [0.5, 0.6) is 0 Å². The van der Waals surface area contributed by atoms with Crippen LogP contribution in [-0.4, -0.2) is 51.4 Å². The Labute approximate surface area is 254 Å². The van der Waals surface area contributed by atoms with Crippen molar-refractivity contribution >= 4 is 75.0 Å². The van der Waals surface area contributed by atoms with Gasteiger partial charge in [0.1, 0.15) is 9.79 Å². The van der Waals surface area contributed by atoms with Crippen LogP contribution in [0.2, 0.25) is 0 Å². The van der Waals surface area contributed by atoms with E-state index >= 15 is 0 Å². The molecule has 10 heteroatoms. The van der Waals surface area contributed by atoms with Crippen molar-refractivity contribution in [3.05, 3.63) is 107 Å². The molecule has 6 aromatic rings. The predicted octanol–water partition coefficient (Wildman–Crippen LogP) is 6.15. The fraction of sp³-hybridized carbons (Fsp3) is 0.118. The number of carbonyl (C=O) groups excluding carboxylic acids is 2. The first-order chi connectivity index (χ1) is 20.9. The molecule has 0 spiro atoms. The normalized spacial score (nSPS) is 16.5. The molecule has 44 heavy (non-hydrogen) atoms. The van der Waals surface area contributed by atoms with Crippen LogP contribution >= 0.6 is 0 Å². The van der Waals surface area contributed by atoms with E-state index in [1.165, 1.54) is 14.1 Å². The first-order valence-corrected chi connectivity index (χ1v) is 16.7. The van der Waals surface area contributed by atoms with Crippen molar-refractivity contribution in [1.29, 1.82) is 0 Å². The molecule has 0 bridgehead atoms. The number of rotatable bonds is 0. The molecule has 0 aromatic heterocycles. The lowest BCUT2D eigenvalue weighted by atomic mass is 9.95. The third-order valence-electron chi connectivity index (χ3n) is 8.50. The molecule has 0 unspecified atom stereocenters. The fourth-order valence-corrected chi connectivity index (χ4v) is 9.30. The molecular weight excluding hydrogens is 597 g/mol. The number of benzene rings is 6. The number of nitrogens with zero attached hydrogens (tertiary/aromatic N) is 2. The van der Waals surface area contributed by atoms with E-state index < -0.39 is 31.9 Å². The highest BCUT2D eigenvalue weighted by Crippen LogP contribution is 2.43. The summed E-state index contributed by atoms with van der Waals surface area (Å²) in [6.45, 7) is 3.96. The van der Waals surface area contributed by atoms with E-state index in [1.807, 2.05) is 74.5 Å². The second-order valence-corrected chi connectivity index (χ2v) is 15.0. The summed E-state index contributed by atoms with van der Waals surface area (Å²) in [7, 11) is -4.93. The van der Waals surface area contributed by atoms with Gasteiger partial charge in [-0.3, -0.25) is 9.59 Å². The highest BCUT2D eigenvalue weighted by molar-refractivity contribution is 7.90. The largest absolute Gasteiger partial charge is 0.269 e. The average molecular weight is 623 g/mol. The molecule has 0 saturated heterocycles. The zero-order valence-electron chi connectivity index (χ0n) is 24.2. The molecule has 0 radical (unpaired) electrons.